The fraction of sp³-hybridized carbons (Fsp3) is 0.0714. The number of nitrogens with zero attached hydrogens (tertiary/aromatic N) is 1. The Labute approximate surface area is 218 Å². The van der Waals surface area contributed by atoms with Crippen LogP contribution in [0.2, 0.25) is 15.1 Å². The quantitative estimate of drug-likeness (QED) is 0.205. The smallest absolute Gasteiger partial charge is 0.266 e. The first-order valence-electron chi connectivity index (χ1n) is 10.6. The molecule has 0 spiro atoms. The first-order valence-corrected chi connectivity index (χ1v) is 11.8. The lowest BCUT2D eigenvalue weighted by molar-refractivity contribution is -0.112. The summed E-state index contributed by atoms with van der Waals surface area (Å²) in [6, 6.07) is 24.4. The van der Waals surface area contributed by atoms with Gasteiger partial charge < -0.3 is 10.1 Å². The van der Waals surface area contributed by atoms with E-state index in [1.807, 2.05) is 48.5 Å². The number of rotatable bonds is 6. The molecular formula is C28H19Cl3N2O2. The Morgan fingerprint density at radius 3 is 2.37 bits per heavy atom. The molecule has 0 saturated heterocycles. The Morgan fingerprint density at radius 2 is 1.66 bits per heavy atom. The van der Waals surface area contributed by atoms with E-state index >= 15 is 0 Å². The van der Waals surface area contributed by atoms with Gasteiger partial charge >= 0.3 is 0 Å². The van der Waals surface area contributed by atoms with Crippen molar-refractivity contribution in [3.05, 3.63) is 110 Å². The highest BCUT2D eigenvalue weighted by atomic mass is 35.5. The maximum absolute atomic E-state index is 12.7. The summed E-state index contributed by atoms with van der Waals surface area (Å²) in [4.78, 5) is 12.7. The van der Waals surface area contributed by atoms with Gasteiger partial charge in [0.25, 0.3) is 5.91 Å². The number of hydrogen-bond donors (Lipinski definition) is 1. The first-order chi connectivity index (χ1) is 16.9. The van der Waals surface area contributed by atoms with Gasteiger partial charge in [0.2, 0.25) is 0 Å². The van der Waals surface area contributed by atoms with Gasteiger partial charge in [-0.3, -0.25) is 4.79 Å². The van der Waals surface area contributed by atoms with E-state index < -0.39 is 5.91 Å². The van der Waals surface area contributed by atoms with Crippen molar-refractivity contribution in [3.8, 4) is 11.8 Å². The van der Waals surface area contributed by atoms with Gasteiger partial charge in [-0.25, -0.2) is 0 Å². The molecule has 0 radical (unpaired) electrons. The van der Waals surface area contributed by atoms with Crippen molar-refractivity contribution in [1.82, 2.24) is 0 Å². The molecule has 0 aliphatic heterocycles. The number of nitriles is 1. The molecule has 4 rings (SSSR count). The van der Waals surface area contributed by atoms with Crippen LogP contribution in [-0.2, 0) is 11.4 Å². The fourth-order valence-corrected chi connectivity index (χ4v) is 4.32. The van der Waals surface area contributed by atoms with Gasteiger partial charge in [0.1, 0.15) is 18.2 Å². The number of amides is 1. The second kappa shape index (κ2) is 10.8. The van der Waals surface area contributed by atoms with Crippen molar-refractivity contribution in [2.24, 2.45) is 0 Å². The van der Waals surface area contributed by atoms with Crippen LogP contribution in [0.4, 0.5) is 5.69 Å². The van der Waals surface area contributed by atoms with Gasteiger partial charge in [0.15, 0.2) is 5.75 Å². The molecule has 0 unspecified atom stereocenters. The normalized spacial score (nSPS) is 11.2. The van der Waals surface area contributed by atoms with E-state index in [1.54, 1.807) is 37.3 Å². The molecule has 0 aromatic heterocycles. The van der Waals surface area contributed by atoms with Crippen molar-refractivity contribution < 1.29 is 9.53 Å². The summed E-state index contributed by atoms with van der Waals surface area (Å²) >= 11 is 19.0. The van der Waals surface area contributed by atoms with Crippen LogP contribution in [0, 0.1) is 18.3 Å². The lowest BCUT2D eigenvalue weighted by atomic mass is 10.1. The Bertz CT molecular complexity index is 1480. The standard InChI is InChI=1S/C28H19Cl3N2O2/c1-17-23(29)7-4-8-26(17)33-28(34)22(15-32)12-19-13-24(30)27(25(31)14-19)35-16-18-9-10-20-5-2-3-6-21(20)11-18/h2-14H,16H2,1H3,(H,33,34)/b22-12-. The van der Waals surface area contributed by atoms with Crippen LogP contribution >= 0.6 is 34.8 Å². The number of hydrogen-bond acceptors (Lipinski definition) is 3. The number of anilines is 1. The predicted octanol–water partition coefficient (Wildman–Crippen LogP) is 8.23. The van der Waals surface area contributed by atoms with Gasteiger partial charge in [-0.2, -0.15) is 5.26 Å². The minimum Gasteiger partial charge on any atom is -0.486 e. The van der Waals surface area contributed by atoms with Crippen LogP contribution < -0.4 is 10.1 Å². The lowest BCUT2D eigenvalue weighted by Crippen LogP contribution is -2.14. The fourth-order valence-electron chi connectivity index (χ4n) is 3.53. The zero-order chi connectivity index (χ0) is 24.9. The highest BCUT2D eigenvalue weighted by Gasteiger charge is 2.14. The third-order valence-corrected chi connectivity index (χ3v) is 6.38. The highest BCUT2D eigenvalue weighted by molar-refractivity contribution is 6.37. The topological polar surface area (TPSA) is 62.1 Å². The molecule has 0 fully saturated rings. The molecule has 1 amide bonds. The minimum atomic E-state index is -0.568. The molecule has 1 N–H and O–H groups in total. The summed E-state index contributed by atoms with van der Waals surface area (Å²) in [6.45, 7) is 2.06. The number of carbonyl (C=O) groups excluding carboxylic acids is 1. The van der Waals surface area contributed by atoms with Crippen molar-refractivity contribution in [2.75, 3.05) is 5.32 Å². The van der Waals surface area contributed by atoms with Crippen LogP contribution in [0.25, 0.3) is 16.8 Å². The maximum Gasteiger partial charge on any atom is 0.266 e. The third-order valence-electron chi connectivity index (χ3n) is 5.41. The Morgan fingerprint density at radius 1 is 0.943 bits per heavy atom. The zero-order valence-corrected chi connectivity index (χ0v) is 20.9. The third kappa shape index (κ3) is 5.78. The summed E-state index contributed by atoms with van der Waals surface area (Å²) in [5.74, 6) is -0.238. The molecule has 0 saturated carbocycles. The average molecular weight is 522 g/mol. The molecule has 0 heterocycles. The maximum atomic E-state index is 12.7. The molecule has 0 atom stereocenters. The number of halogens is 3. The largest absolute Gasteiger partial charge is 0.486 e. The van der Waals surface area contributed by atoms with Crippen LogP contribution in [-0.4, -0.2) is 5.91 Å². The minimum absolute atomic E-state index is 0.110. The molecule has 0 aliphatic rings. The van der Waals surface area contributed by atoms with E-state index in [-0.39, 0.29) is 22.2 Å². The molecule has 174 valence electrons. The van der Waals surface area contributed by atoms with E-state index in [1.165, 1.54) is 6.08 Å². The number of ether oxygens (including phenoxy) is 1. The summed E-state index contributed by atoms with van der Waals surface area (Å²) < 4.78 is 5.90. The average Bonchev–Trinajstić information content (AvgIpc) is 2.84. The Kier molecular flexibility index (Phi) is 7.63. The molecule has 4 nitrogen and oxygen atoms in total. The van der Waals surface area contributed by atoms with Gasteiger partial charge in [-0.1, -0.05) is 77.3 Å². The second-order valence-electron chi connectivity index (χ2n) is 7.82. The molecule has 0 aliphatic carbocycles. The van der Waals surface area contributed by atoms with Crippen LogP contribution in [0.3, 0.4) is 0 Å². The molecule has 4 aromatic rings. The highest BCUT2D eigenvalue weighted by Crippen LogP contribution is 2.35. The number of fused-ring (bicyclic) bond motifs is 1. The van der Waals surface area contributed by atoms with Gasteiger partial charge in [0.05, 0.1) is 10.0 Å². The summed E-state index contributed by atoms with van der Waals surface area (Å²) in [6.07, 6.45) is 1.42. The van der Waals surface area contributed by atoms with E-state index in [0.29, 0.717) is 27.6 Å². The lowest BCUT2D eigenvalue weighted by Gasteiger charge is -2.12. The second-order valence-corrected chi connectivity index (χ2v) is 9.04. The summed E-state index contributed by atoms with van der Waals surface area (Å²) in [5, 5.41) is 15.6. The summed E-state index contributed by atoms with van der Waals surface area (Å²) in [7, 11) is 0. The van der Waals surface area contributed by atoms with Crippen molar-refractivity contribution in [3.63, 3.8) is 0 Å². The van der Waals surface area contributed by atoms with Gasteiger partial charge in [0, 0.05) is 10.7 Å². The monoisotopic (exact) mass is 520 g/mol. The van der Waals surface area contributed by atoms with Crippen molar-refractivity contribution in [1.29, 1.82) is 5.26 Å². The van der Waals surface area contributed by atoms with Crippen LogP contribution in [0.5, 0.6) is 5.75 Å². The van der Waals surface area contributed by atoms with Gasteiger partial charge in [-0.15, -0.1) is 0 Å². The van der Waals surface area contributed by atoms with E-state index in [9.17, 15) is 10.1 Å². The Balaban J connectivity index is 1.51. The van der Waals surface area contributed by atoms with Crippen molar-refractivity contribution >= 4 is 63.2 Å². The number of nitrogens with one attached hydrogen (secondary N) is 1. The molecule has 0 bridgehead atoms. The van der Waals surface area contributed by atoms with E-state index in [4.69, 9.17) is 39.5 Å². The SMILES string of the molecule is Cc1c(Cl)cccc1NC(=O)/C(C#N)=C\c1cc(Cl)c(OCc2ccc3ccccc3c2)c(Cl)c1. The Hall–Kier alpha value is -3.49. The summed E-state index contributed by atoms with van der Waals surface area (Å²) in [5.41, 5.74) is 2.59. The van der Waals surface area contributed by atoms with E-state index in [0.717, 1.165) is 16.3 Å². The van der Waals surface area contributed by atoms with E-state index in [2.05, 4.69) is 5.32 Å². The number of benzene rings is 4. The van der Waals surface area contributed by atoms with Crippen molar-refractivity contribution in [2.45, 2.75) is 13.5 Å². The van der Waals surface area contributed by atoms with Crippen LogP contribution in [0.15, 0.2) is 78.4 Å². The van der Waals surface area contributed by atoms with Crippen LogP contribution in [0.1, 0.15) is 16.7 Å². The molecule has 35 heavy (non-hydrogen) atoms. The molecule has 7 heteroatoms. The van der Waals surface area contributed by atoms with Gasteiger partial charge in [-0.05, 0) is 70.8 Å². The first kappa shape index (κ1) is 24.6. The molecule has 4 aromatic carbocycles. The predicted molar refractivity (Wildman–Crippen MR) is 143 cm³/mol. The molecular weight excluding hydrogens is 503 g/mol. The number of carbonyl (C=O) groups is 1. The zero-order valence-electron chi connectivity index (χ0n) is 18.6.